The molecular weight excluding hydrogens is 454 g/mol. The summed E-state index contributed by atoms with van der Waals surface area (Å²) in [4.78, 5) is 15.3. The molecule has 1 aliphatic heterocycles. The maximum absolute atomic E-state index is 13.0. The van der Waals surface area contributed by atoms with Gasteiger partial charge in [-0.05, 0) is 49.2 Å². The van der Waals surface area contributed by atoms with Crippen molar-refractivity contribution in [1.29, 1.82) is 0 Å². The van der Waals surface area contributed by atoms with Gasteiger partial charge in [0.05, 0.1) is 24.2 Å². The summed E-state index contributed by atoms with van der Waals surface area (Å²) in [6.07, 6.45) is 0. The summed E-state index contributed by atoms with van der Waals surface area (Å²) < 4.78 is 39.4. The molecule has 1 amide bonds. The Balaban J connectivity index is 1.72. The van der Waals surface area contributed by atoms with Gasteiger partial charge in [0.1, 0.15) is 17.6 Å². The number of aryl methyl sites for hydroxylation is 1. The van der Waals surface area contributed by atoms with Crippen LogP contribution in [0.4, 0.5) is 0 Å². The monoisotopic (exact) mass is 483 g/mol. The van der Waals surface area contributed by atoms with Crippen molar-refractivity contribution in [2.75, 3.05) is 32.8 Å². The molecule has 0 saturated carbocycles. The molecule has 8 nitrogen and oxygen atoms in total. The molecule has 1 fully saturated rings. The Labute approximate surface area is 194 Å². The Morgan fingerprint density at radius 2 is 1.78 bits per heavy atom. The second-order valence-corrected chi connectivity index (χ2v) is 10.3. The van der Waals surface area contributed by atoms with Crippen LogP contribution >= 0.6 is 11.6 Å². The zero-order valence-corrected chi connectivity index (χ0v) is 20.1. The second kappa shape index (κ2) is 10.8. The third kappa shape index (κ3) is 6.32. The lowest BCUT2D eigenvalue weighted by atomic mass is 10.0. The summed E-state index contributed by atoms with van der Waals surface area (Å²) in [6.45, 7) is 8.41. The molecule has 2 N–H and O–H groups in total. The number of amides is 1. The van der Waals surface area contributed by atoms with E-state index < -0.39 is 16.1 Å². The maximum atomic E-state index is 13.0. The molecule has 0 bridgehead atoms. The van der Waals surface area contributed by atoms with Crippen molar-refractivity contribution in [2.45, 2.75) is 37.8 Å². The molecule has 10 heteroatoms. The van der Waals surface area contributed by atoms with Crippen molar-refractivity contribution in [2.24, 2.45) is 5.92 Å². The highest BCUT2D eigenvalue weighted by atomic mass is 35.5. The van der Waals surface area contributed by atoms with Crippen molar-refractivity contribution in [1.82, 2.24) is 14.9 Å². The number of halogens is 1. The summed E-state index contributed by atoms with van der Waals surface area (Å²) in [6, 6.07) is 8.52. The van der Waals surface area contributed by atoms with Gasteiger partial charge in [0.25, 0.3) is 0 Å². The van der Waals surface area contributed by atoms with Gasteiger partial charge in [-0.25, -0.2) is 8.42 Å². The van der Waals surface area contributed by atoms with Gasteiger partial charge in [-0.15, -0.1) is 0 Å². The third-order valence-electron chi connectivity index (χ3n) is 5.40. The highest BCUT2D eigenvalue weighted by Crippen LogP contribution is 2.23. The van der Waals surface area contributed by atoms with E-state index in [1.807, 2.05) is 19.1 Å². The Hall–Kier alpha value is -1.91. The van der Waals surface area contributed by atoms with E-state index in [1.165, 1.54) is 24.3 Å². The number of hydrogen-bond donors (Lipinski definition) is 2. The summed E-state index contributed by atoms with van der Waals surface area (Å²) in [5.74, 6) is 0.900. The van der Waals surface area contributed by atoms with E-state index in [4.69, 9.17) is 20.8 Å². The molecule has 0 spiro atoms. The number of nitrogens with one attached hydrogen (secondary N) is 2. The zero-order chi connectivity index (χ0) is 23.3. The molecule has 3 rings (SSSR count). The van der Waals surface area contributed by atoms with Crippen LogP contribution in [0.3, 0.4) is 0 Å². The Morgan fingerprint density at radius 3 is 2.34 bits per heavy atom. The molecule has 1 unspecified atom stereocenters. The van der Waals surface area contributed by atoms with Gasteiger partial charge in [0, 0.05) is 24.7 Å². The fraction of sp³-hybridized carbons (Fsp3) is 0.500. The number of sulfonamides is 1. The predicted octanol–water partition coefficient (Wildman–Crippen LogP) is 2.73. The quantitative estimate of drug-likeness (QED) is 0.568. The summed E-state index contributed by atoms with van der Waals surface area (Å²) in [5.41, 5.74) is 0. The van der Waals surface area contributed by atoms with Crippen LogP contribution in [0.5, 0.6) is 0 Å². The minimum Gasteiger partial charge on any atom is -0.465 e. The fourth-order valence-electron chi connectivity index (χ4n) is 3.58. The average Bonchev–Trinajstić information content (AvgIpc) is 3.19. The summed E-state index contributed by atoms with van der Waals surface area (Å²) in [7, 11) is -3.89. The smallest absolute Gasteiger partial charge is 0.241 e. The number of benzene rings is 1. The van der Waals surface area contributed by atoms with Crippen molar-refractivity contribution in [3.05, 3.63) is 52.9 Å². The number of hydrogen-bond acceptors (Lipinski definition) is 6. The molecule has 1 aromatic heterocycles. The van der Waals surface area contributed by atoms with Crippen LogP contribution in [-0.4, -0.2) is 58.1 Å². The molecule has 1 aliphatic rings. The topological polar surface area (TPSA) is 101 Å². The lowest BCUT2D eigenvalue weighted by molar-refractivity contribution is -0.124. The highest BCUT2D eigenvalue weighted by Gasteiger charge is 2.31. The van der Waals surface area contributed by atoms with E-state index >= 15 is 0 Å². The van der Waals surface area contributed by atoms with Gasteiger partial charge in [-0.1, -0.05) is 25.4 Å². The molecule has 0 radical (unpaired) electrons. The Kier molecular flexibility index (Phi) is 8.35. The highest BCUT2D eigenvalue weighted by molar-refractivity contribution is 7.89. The van der Waals surface area contributed by atoms with E-state index in [0.717, 1.165) is 24.6 Å². The van der Waals surface area contributed by atoms with Crippen molar-refractivity contribution in [3.63, 3.8) is 0 Å². The Morgan fingerprint density at radius 1 is 1.12 bits per heavy atom. The van der Waals surface area contributed by atoms with Gasteiger partial charge in [0.15, 0.2) is 0 Å². The molecular formula is C22H30ClN3O5S. The van der Waals surface area contributed by atoms with E-state index in [2.05, 4.69) is 14.9 Å². The van der Waals surface area contributed by atoms with Gasteiger partial charge < -0.3 is 14.5 Å². The van der Waals surface area contributed by atoms with Crippen LogP contribution in [0, 0.1) is 12.8 Å². The number of ether oxygens (including phenoxy) is 1. The molecule has 2 atom stereocenters. The summed E-state index contributed by atoms with van der Waals surface area (Å²) in [5, 5.41) is 3.36. The normalized spacial score (nSPS) is 17.3. The molecule has 1 aromatic carbocycles. The fourth-order valence-corrected chi connectivity index (χ4v) is 5.05. The molecule has 0 aliphatic carbocycles. The summed E-state index contributed by atoms with van der Waals surface area (Å²) >= 11 is 5.86. The second-order valence-electron chi connectivity index (χ2n) is 8.15. The lowest BCUT2D eigenvalue weighted by Crippen LogP contribution is -2.51. The number of rotatable bonds is 9. The standard InChI is InChI=1S/C22H30ClN3O5S/c1-15(2)21(25-32(28,29)18-7-5-17(23)6-8-18)22(27)24-14-19(20-9-4-16(3)31-20)26-10-12-30-13-11-26/h4-9,15,19,21,25H,10-14H2,1-3H3,(H,24,27)/t19?,21-/m0/s1. The minimum absolute atomic E-state index is 0.0533. The van der Waals surface area contributed by atoms with Crippen LogP contribution in [0.2, 0.25) is 5.02 Å². The van der Waals surface area contributed by atoms with E-state index in [-0.39, 0.29) is 29.3 Å². The first-order chi connectivity index (χ1) is 15.2. The number of carbonyl (C=O) groups is 1. The minimum atomic E-state index is -3.89. The number of furan rings is 1. The first kappa shape index (κ1) is 24.7. The molecule has 32 heavy (non-hydrogen) atoms. The van der Waals surface area contributed by atoms with Crippen molar-refractivity contribution < 1.29 is 22.4 Å². The van der Waals surface area contributed by atoms with E-state index in [1.54, 1.807) is 13.8 Å². The largest absolute Gasteiger partial charge is 0.465 e. The molecule has 2 aromatic rings. The van der Waals surface area contributed by atoms with Crippen LogP contribution in [0.15, 0.2) is 45.7 Å². The third-order valence-corrected chi connectivity index (χ3v) is 7.11. The number of carbonyl (C=O) groups excluding carboxylic acids is 1. The van der Waals surface area contributed by atoms with Gasteiger partial charge in [-0.3, -0.25) is 9.69 Å². The first-order valence-electron chi connectivity index (χ1n) is 10.6. The SMILES string of the molecule is Cc1ccc(C(CNC(=O)[C@@H](NS(=O)(=O)c2ccc(Cl)cc2)C(C)C)N2CCOCC2)o1. The van der Waals surface area contributed by atoms with Crippen LogP contribution in [-0.2, 0) is 19.6 Å². The van der Waals surface area contributed by atoms with Crippen LogP contribution in [0.1, 0.15) is 31.4 Å². The van der Waals surface area contributed by atoms with Crippen LogP contribution < -0.4 is 10.0 Å². The molecule has 2 heterocycles. The van der Waals surface area contributed by atoms with Crippen molar-refractivity contribution in [3.8, 4) is 0 Å². The maximum Gasteiger partial charge on any atom is 0.241 e. The van der Waals surface area contributed by atoms with Crippen molar-refractivity contribution >= 4 is 27.5 Å². The average molecular weight is 484 g/mol. The van der Waals surface area contributed by atoms with Gasteiger partial charge >= 0.3 is 0 Å². The zero-order valence-electron chi connectivity index (χ0n) is 18.5. The van der Waals surface area contributed by atoms with Crippen LogP contribution in [0.25, 0.3) is 0 Å². The number of nitrogens with zero attached hydrogens (tertiary/aromatic N) is 1. The Bertz CT molecular complexity index is 1000. The van der Waals surface area contributed by atoms with E-state index in [9.17, 15) is 13.2 Å². The first-order valence-corrected chi connectivity index (χ1v) is 12.5. The lowest BCUT2D eigenvalue weighted by Gasteiger charge is -2.34. The molecule has 1 saturated heterocycles. The number of morpholine rings is 1. The van der Waals surface area contributed by atoms with Gasteiger partial charge in [0.2, 0.25) is 15.9 Å². The predicted molar refractivity (Wildman–Crippen MR) is 122 cm³/mol. The molecule has 176 valence electrons. The van der Waals surface area contributed by atoms with E-state index in [0.29, 0.717) is 18.2 Å². The van der Waals surface area contributed by atoms with Gasteiger partial charge in [-0.2, -0.15) is 4.72 Å².